The standard InChI is InChI=1S/C36H41N3O5/c1-4-35-17-18-36(44-35)30(29(35)32(41)37-21-26-13-9-6-10-14-26)34(43)39(27(22-40)20-25-11-7-5-8-12-25)31(36)33(42)38-28-19-23(2)15-16-24(28)3/h5-16,19,27,29-31,40H,4,17-18,20-22H2,1-3H3,(H,37,41)(H,38,42)/t27-,29+,30+,31?,35-,36?/m1/s1. The lowest BCUT2D eigenvalue weighted by Crippen LogP contribution is -2.57. The molecule has 0 aromatic heterocycles. The predicted octanol–water partition coefficient (Wildman–Crippen LogP) is 4.32. The zero-order valence-electron chi connectivity index (χ0n) is 25.6. The van der Waals surface area contributed by atoms with Gasteiger partial charge in [-0.05, 0) is 67.9 Å². The summed E-state index contributed by atoms with van der Waals surface area (Å²) in [5.74, 6) is -2.51. The number of rotatable bonds is 10. The maximum absolute atomic E-state index is 14.7. The maximum Gasteiger partial charge on any atom is 0.250 e. The first-order valence-electron chi connectivity index (χ1n) is 15.6. The number of carbonyl (C=O) groups excluding carboxylic acids is 3. The van der Waals surface area contributed by atoms with E-state index in [0.717, 1.165) is 22.3 Å². The van der Waals surface area contributed by atoms with Crippen LogP contribution in [0.25, 0.3) is 0 Å². The summed E-state index contributed by atoms with van der Waals surface area (Å²) in [7, 11) is 0. The highest BCUT2D eigenvalue weighted by atomic mass is 16.5. The molecule has 0 saturated carbocycles. The number of carbonyl (C=O) groups is 3. The van der Waals surface area contributed by atoms with Gasteiger partial charge >= 0.3 is 0 Å². The Labute approximate surface area is 258 Å². The van der Waals surface area contributed by atoms with Crippen molar-refractivity contribution in [3.8, 4) is 0 Å². The van der Waals surface area contributed by atoms with Crippen LogP contribution >= 0.6 is 0 Å². The molecular weight excluding hydrogens is 554 g/mol. The smallest absolute Gasteiger partial charge is 0.250 e. The van der Waals surface area contributed by atoms with Crippen molar-refractivity contribution in [3.05, 3.63) is 101 Å². The van der Waals surface area contributed by atoms with E-state index in [-0.39, 0.29) is 24.3 Å². The summed E-state index contributed by atoms with van der Waals surface area (Å²) in [5.41, 5.74) is 2.43. The van der Waals surface area contributed by atoms with E-state index in [2.05, 4.69) is 10.6 Å². The topological polar surface area (TPSA) is 108 Å². The Kier molecular flexibility index (Phi) is 8.07. The first kappa shape index (κ1) is 30.0. The number of likely N-dealkylation sites (tertiary alicyclic amines) is 1. The Morgan fingerprint density at radius 2 is 1.66 bits per heavy atom. The SMILES string of the molecule is CC[C@]12CCC3(O1)C(C(=O)Nc1cc(C)ccc1C)N([C@@H](CO)Cc1ccccc1)C(=O)[C@@H]3[C@H]2C(=O)NCc1ccccc1. The molecule has 230 valence electrons. The van der Waals surface area contributed by atoms with Gasteiger partial charge in [-0.1, -0.05) is 79.7 Å². The summed E-state index contributed by atoms with van der Waals surface area (Å²) < 4.78 is 6.91. The molecule has 3 aromatic rings. The molecule has 44 heavy (non-hydrogen) atoms. The van der Waals surface area contributed by atoms with E-state index in [1.807, 2.05) is 99.6 Å². The second-order valence-corrected chi connectivity index (χ2v) is 12.6. The first-order valence-corrected chi connectivity index (χ1v) is 15.6. The van der Waals surface area contributed by atoms with Gasteiger partial charge in [-0.3, -0.25) is 14.4 Å². The Bertz CT molecular complexity index is 1550. The predicted molar refractivity (Wildman–Crippen MR) is 168 cm³/mol. The highest BCUT2D eigenvalue weighted by Crippen LogP contribution is 2.64. The third-order valence-electron chi connectivity index (χ3n) is 10.0. The fraction of sp³-hybridized carbons (Fsp3) is 0.417. The van der Waals surface area contributed by atoms with E-state index >= 15 is 0 Å². The molecule has 1 spiro atoms. The Morgan fingerprint density at radius 1 is 0.977 bits per heavy atom. The quantitative estimate of drug-likeness (QED) is 0.324. The molecule has 0 radical (unpaired) electrons. The van der Waals surface area contributed by atoms with Gasteiger partial charge in [-0.15, -0.1) is 0 Å². The van der Waals surface area contributed by atoms with Crippen molar-refractivity contribution >= 4 is 23.4 Å². The lowest BCUT2D eigenvalue weighted by Gasteiger charge is -2.37. The van der Waals surface area contributed by atoms with E-state index < -0.39 is 35.1 Å². The Balaban J connectivity index is 1.39. The number of aryl methyl sites for hydroxylation is 2. The minimum atomic E-state index is -1.19. The van der Waals surface area contributed by atoms with Crippen LogP contribution in [0.2, 0.25) is 0 Å². The third kappa shape index (κ3) is 5.00. The molecule has 2 bridgehead atoms. The molecular formula is C36H41N3O5. The second kappa shape index (κ2) is 11.8. The van der Waals surface area contributed by atoms with E-state index in [0.29, 0.717) is 37.9 Å². The Hall–Kier alpha value is -4.01. The van der Waals surface area contributed by atoms with Gasteiger partial charge < -0.3 is 25.4 Å². The average molecular weight is 596 g/mol. The van der Waals surface area contributed by atoms with Crippen LogP contribution in [0, 0.1) is 25.7 Å². The van der Waals surface area contributed by atoms with Gasteiger partial charge in [0.15, 0.2) is 0 Å². The number of hydrogen-bond acceptors (Lipinski definition) is 5. The van der Waals surface area contributed by atoms with Crippen LogP contribution in [0.1, 0.15) is 48.4 Å². The molecule has 6 atom stereocenters. The van der Waals surface area contributed by atoms with Crippen molar-refractivity contribution in [1.29, 1.82) is 0 Å². The van der Waals surface area contributed by atoms with Crippen LogP contribution in [-0.2, 0) is 32.1 Å². The van der Waals surface area contributed by atoms with E-state index in [4.69, 9.17) is 4.74 Å². The molecule has 3 aromatic carbocycles. The number of hydrogen-bond donors (Lipinski definition) is 3. The van der Waals surface area contributed by atoms with Crippen molar-refractivity contribution in [2.45, 2.75) is 76.3 Å². The van der Waals surface area contributed by atoms with Gasteiger partial charge in [0.1, 0.15) is 11.6 Å². The van der Waals surface area contributed by atoms with Crippen LogP contribution in [-0.4, -0.2) is 57.6 Å². The maximum atomic E-state index is 14.7. The molecule has 3 amide bonds. The number of amides is 3. The molecule has 3 fully saturated rings. The number of anilines is 1. The first-order chi connectivity index (χ1) is 21.2. The lowest BCUT2D eigenvalue weighted by molar-refractivity contribution is -0.149. The third-order valence-corrected chi connectivity index (χ3v) is 10.0. The molecule has 8 heteroatoms. The molecule has 8 nitrogen and oxygen atoms in total. The van der Waals surface area contributed by atoms with Gasteiger partial charge in [-0.2, -0.15) is 0 Å². The Morgan fingerprint density at radius 3 is 2.32 bits per heavy atom. The summed E-state index contributed by atoms with van der Waals surface area (Å²) in [6.45, 7) is 5.87. The number of nitrogens with zero attached hydrogens (tertiary/aromatic N) is 1. The summed E-state index contributed by atoms with van der Waals surface area (Å²) in [6.07, 6.45) is 1.95. The summed E-state index contributed by atoms with van der Waals surface area (Å²) in [5, 5.41) is 16.9. The van der Waals surface area contributed by atoms with Crippen molar-refractivity contribution < 1.29 is 24.2 Å². The number of ether oxygens (including phenoxy) is 1. The molecule has 3 aliphatic rings. The molecule has 0 aliphatic carbocycles. The summed E-state index contributed by atoms with van der Waals surface area (Å²) in [6, 6.07) is 23.4. The molecule has 2 unspecified atom stereocenters. The summed E-state index contributed by atoms with van der Waals surface area (Å²) in [4.78, 5) is 44.7. The average Bonchev–Trinajstić information content (AvgIpc) is 3.65. The number of fused-ring (bicyclic) bond motifs is 1. The lowest BCUT2D eigenvalue weighted by atomic mass is 9.65. The van der Waals surface area contributed by atoms with E-state index in [1.165, 1.54) is 0 Å². The second-order valence-electron chi connectivity index (χ2n) is 12.6. The minimum absolute atomic E-state index is 0.241. The molecule has 3 N–H and O–H groups in total. The van der Waals surface area contributed by atoms with Crippen molar-refractivity contribution in [2.75, 3.05) is 11.9 Å². The van der Waals surface area contributed by atoms with Crippen LogP contribution in [0.5, 0.6) is 0 Å². The van der Waals surface area contributed by atoms with Crippen molar-refractivity contribution in [1.82, 2.24) is 10.2 Å². The van der Waals surface area contributed by atoms with Gasteiger partial charge in [0.2, 0.25) is 17.7 Å². The zero-order chi connectivity index (χ0) is 31.1. The van der Waals surface area contributed by atoms with Crippen molar-refractivity contribution in [2.24, 2.45) is 11.8 Å². The highest BCUT2D eigenvalue weighted by molar-refractivity contribution is 6.04. The fourth-order valence-corrected chi connectivity index (χ4v) is 7.85. The fourth-order valence-electron chi connectivity index (χ4n) is 7.85. The van der Waals surface area contributed by atoms with Crippen LogP contribution in [0.4, 0.5) is 5.69 Å². The number of aliphatic hydroxyl groups is 1. The highest BCUT2D eigenvalue weighted by Gasteiger charge is 2.79. The number of nitrogens with one attached hydrogen (secondary N) is 2. The normalized spacial score (nSPS) is 27.7. The van der Waals surface area contributed by atoms with E-state index in [1.54, 1.807) is 4.90 Å². The largest absolute Gasteiger partial charge is 0.394 e. The zero-order valence-corrected chi connectivity index (χ0v) is 25.6. The van der Waals surface area contributed by atoms with E-state index in [9.17, 15) is 19.5 Å². The number of benzene rings is 3. The number of aliphatic hydroxyl groups excluding tert-OH is 1. The van der Waals surface area contributed by atoms with Gasteiger partial charge in [-0.25, -0.2) is 0 Å². The van der Waals surface area contributed by atoms with Crippen LogP contribution in [0.15, 0.2) is 78.9 Å². The summed E-state index contributed by atoms with van der Waals surface area (Å²) >= 11 is 0. The monoisotopic (exact) mass is 595 g/mol. The molecule has 3 saturated heterocycles. The molecule has 3 heterocycles. The minimum Gasteiger partial charge on any atom is -0.394 e. The van der Waals surface area contributed by atoms with Gasteiger partial charge in [0.25, 0.3) is 0 Å². The molecule has 3 aliphatic heterocycles. The van der Waals surface area contributed by atoms with Crippen LogP contribution in [0.3, 0.4) is 0 Å². The molecule has 6 rings (SSSR count). The van der Waals surface area contributed by atoms with Crippen molar-refractivity contribution in [3.63, 3.8) is 0 Å². The van der Waals surface area contributed by atoms with Gasteiger partial charge in [0, 0.05) is 12.2 Å². The van der Waals surface area contributed by atoms with Crippen LogP contribution < -0.4 is 10.6 Å². The van der Waals surface area contributed by atoms with Gasteiger partial charge in [0.05, 0.1) is 30.1 Å².